The maximum atomic E-state index is 10.8. The minimum absolute atomic E-state index is 0.454. The highest BCUT2D eigenvalue weighted by Gasteiger charge is 2.37. The Morgan fingerprint density at radius 3 is 2.40 bits per heavy atom. The molecule has 0 bridgehead atoms. The van der Waals surface area contributed by atoms with Gasteiger partial charge in [0, 0.05) is 0 Å². The highest BCUT2D eigenvalue weighted by molar-refractivity contribution is 6.01. The molecule has 1 aliphatic carbocycles. The first-order valence-electron chi connectivity index (χ1n) is 3.42. The molecule has 1 N–H and O–H groups in total. The van der Waals surface area contributed by atoms with Gasteiger partial charge in [0.2, 0.25) is 5.78 Å². The van der Waals surface area contributed by atoms with Gasteiger partial charge in [-0.3, -0.25) is 4.79 Å². The molecule has 1 saturated carbocycles. The van der Waals surface area contributed by atoms with E-state index in [2.05, 4.69) is 0 Å². The normalized spacial score (nSPS) is 22.0. The van der Waals surface area contributed by atoms with Crippen LogP contribution in [-0.4, -0.2) is 16.5 Å². The van der Waals surface area contributed by atoms with Crippen LogP contribution in [0, 0.1) is 12.3 Å². The number of hydrogen-bond donors (Lipinski definition) is 1. The molecule has 2 nitrogen and oxygen atoms in total. The molecule has 1 rings (SSSR count). The summed E-state index contributed by atoms with van der Waals surface area (Å²) in [6, 6.07) is 0. The molecule has 0 radical (unpaired) electrons. The average Bonchev–Trinajstić information content (AvgIpc) is 2.36. The van der Waals surface area contributed by atoms with E-state index in [-0.39, 0.29) is 0 Å². The van der Waals surface area contributed by atoms with Gasteiger partial charge in [0.1, 0.15) is 5.60 Å². The first-order chi connectivity index (χ1) is 4.69. The Morgan fingerprint density at radius 1 is 1.50 bits per heavy atom. The molecule has 10 heavy (non-hydrogen) atoms. The Bertz CT molecular complexity index is 182. The Balaban J connectivity index is 2.69. The van der Waals surface area contributed by atoms with Gasteiger partial charge in [-0.25, -0.2) is 0 Å². The number of rotatable bonds is 1. The second-order valence-corrected chi connectivity index (χ2v) is 2.71. The first kappa shape index (κ1) is 7.30. The Hall–Kier alpha value is -0.810. The Kier molecular flexibility index (Phi) is 1.78. The van der Waals surface area contributed by atoms with Crippen LogP contribution in [0.1, 0.15) is 25.7 Å². The van der Waals surface area contributed by atoms with Crippen LogP contribution in [0.4, 0.5) is 0 Å². The maximum absolute atomic E-state index is 10.8. The van der Waals surface area contributed by atoms with Crippen molar-refractivity contribution in [3.8, 4) is 12.3 Å². The average molecular weight is 138 g/mol. The van der Waals surface area contributed by atoms with Crippen LogP contribution in [0.2, 0.25) is 0 Å². The number of terminal acetylenes is 1. The zero-order valence-corrected chi connectivity index (χ0v) is 5.76. The minimum atomic E-state index is -1.17. The fourth-order valence-electron chi connectivity index (χ4n) is 1.32. The van der Waals surface area contributed by atoms with E-state index in [1.165, 1.54) is 0 Å². The number of Topliss-reactive ketones (excluding diaryl/α,β-unsaturated/α-hetero) is 1. The predicted octanol–water partition coefficient (Wildman–Crippen LogP) is 0.494. The molecule has 1 fully saturated rings. The molecular formula is C8H10O2. The summed E-state index contributed by atoms with van der Waals surface area (Å²) in [5, 5.41) is 9.47. The van der Waals surface area contributed by atoms with Crippen LogP contribution in [0.15, 0.2) is 0 Å². The predicted molar refractivity (Wildman–Crippen MR) is 37.3 cm³/mol. The summed E-state index contributed by atoms with van der Waals surface area (Å²) in [6.45, 7) is 0. The molecular weight excluding hydrogens is 128 g/mol. The van der Waals surface area contributed by atoms with Crippen molar-refractivity contribution in [1.29, 1.82) is 0 Å². The molecule has 1 aliphatic rings. The summed E-state index contributed by atoms with van der Waals surface area (Å²) < 4.78 is 0. The van der Waals surface area contributed by atoms with E-state index in [4.69, 9.17) is 6.42 Å². The van der Waals surface area contributed by atoms with E-state index < -0.39 is 11.4 Å². The van der Waals surface area contributed by atoms with Gasteiger partial charge in [0.25, 0.3) is 0 Å². The number of ketones is 1. The van der Waals surface area contributed by atoms with Crippen molar-refractivity contribution in [2.24, 2.45) is 0 Å². The second-order valence-electron chi connectivity index (χ2n) is 2.71. The van der Waals surface area contributed by atoms with E-state index in [1.54, 1.807) is 0 Å². The molecule has 0 amide bonds. The summed E-state index contributed by atoms with van der Waals surface area (Å²) in [4.78, 5) is 10.8. The van der Waals surface area contributed by atoms with E-state index in [9.17, 15) is 9.90 Å². The largest absolute Gasteiger partial charge is 0.381 e. The van der Waals surface area contributed by atoms with Crippen LogP contribution in [-0.2, 0) is 4.79 Å². The summed E-state index contributed by atoms with van der Waals surface area (Å²) in [7, 11) is 0. The smallest absolute Gasteiger partial charge is 0.236 e. The summed E-state index contributed by atoms with van der Waals surface area (Å²) in [5.74, 6) is 1.50. The number of aliphatic hydroxyl groups is 1. The molecule has 0 aromatic heterocycles. The number of hydrogen-bond acceptors (Lipinski definition) is 2. The van der Waals surface area contributed by atoms with Crippen molar-refractivity contribution < 1.29 is 9.90 Å². The van der Waals surface area contributed by atoms with Crippen LogP contribution < -0.4 is 0 Å². The van der Waals surface area contributed by atoms with Gasteiger partial charge in [-0.2, -0.15) is 0 Å². The van der Waals surface area contributed by atoms with Crippen LogP contribution in [0.5, 0.6) is 0 Å². The fraction of sp³-hybridized carbons (Fsp3) is 0.625. The second kappa shape index (κ2) is 2.43. The third kappa shape index (κ3) is 1.05. The molecule has 2 heteroatoms. The van der Waals surface area contributed by atoms with Gasteiger partial charge in [0.05, 0.1) is 0 Å². The SMILES string of the molecule is C#CC(=O)C1(O)CCCC1. The highest BCUT2D eigenvalue weighted by Crippen LogP contribution is 2.29. The topological polar surface area (TPSA) is 37.3 Å². The van der Waals surface area contributed by atoms with Crippen LogP contribution in [0.25, 0.3) is 0 Å². The fourth-order valence-corrected chi connectivity index (χ4v) is 1.32. The minimum Gasteiger partial charge on any atom is -0.381 e. The lowest BCUT2D eigenvalue weighted by Gasteiger charge is -2.15. The molecule has 54 valence electrons. The lowest BCUT2D eigenvalue weighted by atomic mass is 9.97. The third-order valence-electron chi connectivity index (χ3n) is 1.98. The van der Waals surface area contributed by atoms with E-state index in [0.717, 1.165) is 12.8 Å². The van der Waals surface area contributed by atoms with Gasteiger partial charge in [-0.05, 0) is 31.6 Å². The molecule has 0 aromatic carbocycles. The van der Waals surface area contributed by atoms with Crippen molar-refractivity contribution in [2.45, 2.75) is 31.3 Å². The molecule has 0 saturated heterocycles. The quantitative estimate of drug-likeness (QED) is 0.423. The number of carbonyl (C=O) groups excluding carboxylic acids is 1. The maximum Gasteiger partial charge on any atom is 0.236 e. The van der Waals surface area contributed by atoms with Crippen molar-refractivity contribution in [1.82, 2.24) is 0 Å². The summed E-state index contributed by atoms with van der Waals surface area (Å²) >= 11 is 0. The molecule has 0 atom stereocenters. The third-order valence-corrected chi connectivity index (χ3v) is 1.98. The lowest BCUT2D eigenvalue weighted by molar-refractivity contribution is -0.130. The van der Waals surface area contributed by atoms with E-state index >= 15 is 0 Å². The monoisotopic (exact) mass is 138 g/mol. The van der Waals surface area contributed by atoms with Gasteiger partial charge in [-0.1, -0.05) is 0 Å². The zero-order valence-electron chi connectivity index (χ0n) is 5.76. The van der Waals surface area contributed by atoms with E-state index in [1.807, 2.05) is 5.92 Å². The van der Waals surface area contributed by atoms with Crippen LogP contribution in [0.3, 0.4) is 0 Å². The van der Waals surface area contributed by atoms with Crippen LogP contribution >= 0.6 is 0 Å². The molecule has 0 heterocycles. The van der Waals surface area contributed by atoms with Gasteiger partial charge in [-0.15, -0.1) is 6.42 Å². The van der Waals surface area contributed by atoms with Crippen molar-refractivity contribution in [3.05, 3.63) is 0 Å². The first-order valence-corrected chi connectivity index (χ1v) is 3.42. The van der Waals surface area contributed by atoms with E-state index in [0.29, 0.717) is 12.8 Å². The van der Waals surface area contributed by atoms with Crippen molar-refractivity contribution in [2.75, 3.05) is 0 Å². The molecule has 0 spiro atoms. The standard InChI is InChI=1S/C8H10O2/c1-2-7(9)8(10)5-3-4-6-8/h1,10H,3-6H2. The Morgan fingerprint density at radius 2 is 2.00 bits per heavy atom. The molecule has 0 aromatic rings. The lowest BCUT2D eigenvalue weighted by Crippen LogP contribution is -2.33. The Labute approximate surface area is 60.2 Å². The summed E-state index contributed by atoms with van der Waals surface area (Å²) in [6.07, 6.45) is 7.77. The van der Waals surface area contributed by atoms with Gasteiger partial charge >= 0.3 is 0 Å². The zero-order chi connectivity index (χ0) is 7.61. The van der Waals surface area contributed by atoms with Gasteiger partial charge in [0.15, 0.2) is 0 Å². The van der Waals surface area contributed by atoms with Crippen molar-refractivity contribution >= 4 is 5.78 Å². The molecule has 0 aliphatic heterocycles. The summed E-state index contributed by atoms with van der Waals surface area (Å²) in [5.41, 5.74) is -1.17. The molecule has 0 unspecified atom stereocenters. The number of carbonyl (C=O) groups is 1. The van der Waals surface area contributed by atoms with Crippen molar-refractivity contribution in [3.63, 3.8) is 0 Å². The van der Waals surface area contributed by atoms with Gasteiger partial charge < -0.3 is 5.11 Å². The highest BCUT2D eigenvalue weighted by atomic mass is 16.3.